The Morgan fingerprint density at radius 1 is 0.242 bits per heavy atom. The van der Waals surface area contributed by atoms with Crippen molar-refractivity contribution in [3.63, 3.8) is 0 Å². The molecular formula is C62H125. The summed E-state index contributed by atoms with van der Waals surface area (Å²) in [6.07, 6.45) is 80.8. The van der Waals surface area contributed by atoms with Crippen LogP contribution in [0.5, 0.6) is 0 Å². The van der Waals surface area contributed by atoms with Gasteiger partial charge in [0, 0.05) is 0 Å². The Kier molecular flexibility index (Phi) is 55.3. The van der Waals surface area contributed by atoms with Crippen molar-refractivity contribution < 1.29 is 0 Å². The Morgan fingerprint density at radius 2 is 0.500 bits per heavy atom. The molecule has 0 aliphatic heterocycles. The summed E-state index contributed by atoms with van der Waals surface area (Å²) in [5.74, 6) is 2.84. The van der Waals surface area contributed by atoms with Gasteiger partial charge in [0.25, 0.3) is 0 Å². The molecule has 0 rings (SSSR count). The summed E-state index contributed by atoms with van der Waals surface area (Å²) in [5.41, 5.74) is 0. The molecular weight excluding hydrogens is 745 g/mol. The lowest BCUT2D eigenvalue weighted by Gasteiger charge is -2.23. The second-order valence-corrected chi connectivity index (χ2v) is 22.0. The van der Waals surface area contributed by atoms with Gasteiger partial charge in [-0.1, -0.05) is 362 Å². The quantitative estimate of drug-likeness (QED) is 0.0534. The summed E-state index contributed by atoms with van der Waals surface area (Å²) in [5, 5.41) is 0. The van der Waals surface area contributed by atoms with E-state index in [0.29, 0.717) is 0 Å². The van der Waals surface area contributed by atoms with Gasteiger partial charge in [0.1, 0.15) is 0 Å². The van der Waals surface area contributed by atoms with Crippen molar-refractivity contribution in [3.8, 4) is 0 Å². The average molecular weight is 871 g/mol. The molecule has 0 amide bonds. The molecule has 0 N–H and O–H groups in total. The maximum atomic E-state index is 2.71. The van der Waals surface area contributed by atoms with E-state index in [1.165, 1.54) is 340 Å². The zero-order chi connectivity index (χ0) is 44.9. The summed E-state index contributed by atoms with van der Waals surface area (Å²) >= 11 is 0. The summed E-state index contributed by atoms with van der Waals surface area (Å²) in [6.45, 7) is 11.9. The van der Waals surface area contributed by atoms with Crippen LogP contribution in [0.1, 0.15) is 375 Å². The van der Waals surface area contributed by atoms with Gasteiger partial charge in [-0.3, -0.25) is 0 Å². The topological polar surface area (TPSA) is 0 Å². The third kappa shape index (κ3) is 52.6. The van der Waals surface area contributed by atoms with Gasteiger partial charge in [0.2, 0.25) is 0 Å². The van der Waals surface area contributed by atoms with Gasteiger partial charge in [-0.25, -0.2) is 0 Å². The first-order valence-electron chi connectivity index (χ1n) is 30.5. The van der Waals surface area contributed by atoms with E-state index in [1.807, 2.05) is 0 Å². The highest BCUT2D eigenvalue weighted by atomic mass is 14.2. The van der Waals surface area contributed by atoms with Crippen molar-refractivity contribution in [2.45, 2.75) is 375 Å². The molecule has 0 heterocycles. The zero-order valence-electron chi connectivity index (χ0n) is 44.8. The van der Waals surface area contributed by atoms with E-state index in [-0.39, 0.29) is 0 Å². The average Bonchev–Trinajstić information content (AvgIpc) is 3.26. The number of rotatable bonds is 56. The van der Waals surface area contributed by atoms with Crippen molar-refractivity contribution in [1.29, 1.82) is 0 Å². The van der Waals surface area contributed by atoms with Crippen LogP contribution in [0.25, 0.3) is 0 Å². The Hall–Kier alpha value is 0. The Morgan fingerprint density at radius 3 is 0.790 bits per heavy atom. The van der Waals surface area contributed by atoms with Gasteiger partial charge in [-0.2, -0.15) is 0 Å². The molecule has 0 bridgehead atoms. The molecule has 0 aromatic carbocycles. The molecule has 0 saturated heterocycles. The smallest absolute Gasteiger partial charge is 0.0383 e. The van der Waals surface area contributed by atoms with Crippen LogP contribution in [-0.2, 0) is 0 Å². The van der Waals surface area contributed by atoms with Crippen LogP contribution in [0, 0.1) is 24.2 Å². The van der Waals surface area contributed by atoms with Crippen LogP contribution in [0.4, 0.5) is 0 Å². The van der Waals surface area contributed by atoms with Crippen LogP contribution in [0.3, 0.4) is 0 Å². The lowest BCUT2D eigenvalue weighted by molar-refractivity contribution is 0.304. The molecule has 0 aromatic heterocycles. The largest absolute Gasteiger partial charge is 0.0654 e. The first-order chi connectivity index (χ1) is 30.6. The van der Waals surface area contributed by atoms with Gasteiger partial charge in [0.05, 0.1) is 0 Å². The van der Waals surface area contributed by atoms with Crippen LogP contribution >= 0.6 is 0 Å². The van der Waals surface area contributed by atoms with Crippen molar-refractivity contribution in [1.82, 2.24) is 0 Å². The molecule has 0 heteroatoms. The van der Waals surface area contributed by atoms with Crippen LogP contribution in [-0.4, -0.2) is 0 Å². The number of hydrogen-bond donors (Lipinski definition) is 0. The minimum Gasteiger partial charge on any atom is -0.0654 e. The molecule has 0 aliphatic carbocycles. The van der Waals surface area contributed by atoms with Crippen LogP contribution in [0.15, 0.2) is 0 Å². The van der Waals surface area contributed by atoms with E-state index in [4.69, 9.17) is 0 Å². The fourth-order valence-electron chi connectivity index (χ4n) is 10.8. The normalized spacial score (nSPS) is 12.9. The first-order valence-corrected chi connectivity index (χ1v) is 30.5. The maximum absolute atomic E-state index is 2.71. The van der Waals surface area contributed by atoms with Crippen molar-refractivity contribution >= 4 is 0 Å². The van der Waals surface area contributed by atoms with E-state index < -0.39 is 0 Å². The second kappa shape index (κ2) is 55.3. The van der Waals surface area contributed by atoms with E-state index >= 15 is 0 Å². The first kappa shape index (κ1) is 62.0. The summed E-state index contributed by atoms with van der Waals surface area (Å²) in [6, 6.07) is 0. The zero-order valence-corrected chi connectivity index (χ0v) is 44.8. The van der Waals surface area contributed by atoms with E-state index in [9.17, 15) is 0 Å². The lowest BCUT2D eigenvalue weighted by atomic mass is 9.83. The summed E-state index contributed by atoms with van der Waals surface area (Å²) in [7, 11) is 0. The Labute approximate surface area is 397 Å². The summed E-state index contributed by atoms with van der Waals surface area (Å²) in [4.78, 5) is 0. The predicted molar refractivity (Wildman–Crippen MR) is 288 cm³/mol. The minimum atomic E-state index is 0.894. The molecule has 1 radical (unpaired) electrons. The van der Waals surface area contributed by atoms with Crippen molar-refractivity contribution in [2.75, 3.05) is 0 Å². The monoisotopic (exact) mass is 870 g/mol. The SMILES string of the molecule is CCCCCCCCCCCCCCCCC(CCC)CC(C[CH]CCCCCCCCCCCCCCCCCCCCCCCCCCCCCCCCC(C)C)CCC. The van der Waals surface area contributed by atoms with Gasteiger partial charge in [-0.15, -0.1) is 0 Å². The van der Waals surface area contributed by atoms with Crippen molar-refractivity contribution in [3.05, 3.63) is 6.42 Å². The van der Waals surface area contributed by atoms with E-state index in [0.717, 1.165) is 17.8 Å². The Bertz CT molecular complexity index is 751. The highest BCUT2D eigenvalue weighted by Gasteiger charge is 2.16. The molecule has 0 saturated carbocycles. The molecule has 373 valence electrons. The molecule has 0 aromatic rings. The number of unbranched alkanes of at least 4 members (excludes halogenated alkanes) is 44. The fraction of sp³-hybridized carbons (Fsp3) is 0.984. The molecule has 0 spiro atoms. The van der Waals surface area contributed by atoms with Gasteiger partial charge in [0.15, 0.2) is 0 Å². The van der Waals surface area contributed by atoms with E-state index in [1.54, 1.807) is 0 Å². The predicted octanol–water partition coefficient (Wildman–Crippen LogP) is 23.8. The highest BCUT2D eigenvalue weighted by molar-refractivity contribution is 4.75. The maximum Gasteiger partial charge on any atom is -0.0383 e. The third-order valence-electron chi connectivity index (χ3n) is 15.0. The minimum absolute atomic E-state index is 0.894. The van der Waals surface area contributed by atoms with Crippen molar-refractivity contribution in [2.24, 2.45) is 17.8 Å². The molecule has 62 heavy (non-hydrogen) atoms. The standard InChI is InChI=1S/C62H125/c1-6-9-10-11-12-13-14-15-37-40-43-46-49-52-57-61(54-7-2)59-62(55-8-3)58-53-50-47-44-41-38-35-33-31-29-27-25-23-21-19-17-16-18-20-22-24-26-28-30-32-34-36-39-42-45-48-51-56-60(4)5/h53,60-62H,6-52,54-59H2,1-5H3. The summed E-state index contributed by atoms with van der Waals surface area (Å²) < 4.78 is 0. The molecule has 2 unspecified atom stereocenters. The van der Waals surface area contributed by atoms with Gasteiger partial charge in [-0.05, 0) is 37.0 Å². The molecule has 2 atom stereocenters. The fourth-order valence-corrected chi connectivity index (χ4v) is 10.8. The lowest BCUT2D eigenvalue weighted by Crippen LogP contribution is -2.10. The molecule has 0 nitrogen and oxygen atoms in total. The second-order valence-electron chi connectivity index (χ2n) is 22.0. The van der Waals surface area contributed by atoms with Gasteiger partial charge >= 0.3 is 0 Å². The highest BCUT2D eigenvalue weighted by Crippen LogP contribution is 2.30. The van der Waals surface area contributed by atoms with E-state index in [2.05, 4.69) is 41.0 Å². The Balaban J connectivity index is 3.46. The third-order valence-corrected chi connectivity index (χ3v) is 15.0. The molecule has 0 fully saturated rings. The van der Waals surface area contributed by atoms with Gasteiger partial charge < -0.3 is 0 Å². The molecule has 0 aliphatic rings. The number of hydrogen-bond acceptors (Lipinski definition) is 0. The van der Waals surface area contributed by atoms with Crippen LogP contribution < -0.4 is 0 Å². The van der Waals surface area contributed by atoms with Crippen LogP contribution in [0.2, 0.25) is 0 Å².